The molecule has 0 aliphatic heterocycles. The number of nitrogens with zero attached hydrogens (tertiary/aromatic N) is 1. The molecule has 0 saturated carbocycles. The van der Waals surface area contributed by atoms with E-state index in [9.17, 15) is 9.59 Å². The quantitative estimate of drug-likeness (QED) is 0.918. The zero-order valence-electron chi connectivity index (χ0n) is 13.4. The molecule has 0 aliphatic carbocycles. The average Bonchev–Trinajstić information content (AvgIpc) is 2.50. The second-order valence-electron chi connectivity index (χ2n) is 5.42. The molecule has 0 aromatic heterocycles. The number of carboxylic acid groups (broad SMARTS) is 1. The van der Waals surface area contributed by atoms with E-state index in [0.717, 1.165) is 5.56 Å². The van der Waals surface area contributed by atoms with Gasteiger partial charge in [-0.05, 0) is 37.3 Å². The zero-order chi connectivity index (χ0) is 17.0. The van der Waals surface area contributed by atoms with Crippen molar-refractivity contribution in [2.45, 2.75) is 20.4 Å². The van der Waals surface area contributed by atoms with Crippen molar-refractivity contribution in [1.82, 2.24) is 4.90 Å². The maximum absolute atomic E-state index is 11.4. The molecule has 120 valence electrons. The highest BCUT2D eigenvalue weighted by molar-refractivity contribution is 5.88. The van der Waals surface area contributed by atoms with Crippen LogP contribution in [0.15, 0.2) is 42.5 Å². The molecule has 5 nitrogen and oxygen atoms in total. The summed E-state index contributed by atoms with van der Waals surface area (Å²) < 4.78 is 5.85. The maximum atomic E-state index is 11.4. The summed E-state index contributed by atoms with van der Waals surface area (Å²) in [6.45, 7) is 3.72. The van der Waals surface area contributed by atoms with Crippen LogP contribution in [0.3, 0.4) is 0 Å². The van der Waals surface area contributed by atoms with Crippen molar-refractivity contribution < 1.29 is 19.4 Å². The van der Waals surface area contributed by atoms with Gasteiger partial charge in [0, 0.05) is 26.1 Å². The lowest BCUT2D eigenvalue weighted by atomic mass is 10.1. The van der Waals surface area contributed by atoms with E-state index >= 15 is 0 Å². The Bertz CT molecular complexity index is 722. The fourth-order valence-corrected chi connectivity index (χ4v) is 2.04. The molecule has 0 aliphatic rings. The van der Waals surface area contributed by atoms with Crippen LogP contribution >= 0.6 is 0 Å². The molecule has 0 radical (unpaired) electrons. The van der Waals surface area contributed by atoms with Crippen molar-refractivity contribution >= 4 is 11.9 Å². The summed E-state index contributed by atoms with van der Waals surface area (Å²) in [5.74, 6) is 0.0722. The largest absolute Gasteiger partial charge is 0.478 e. The summed E-state index contributed by atoms with van der Waals surface area (Å²) in [6.07, 6.45) is 0. The number of aromatic carboxylic acids is 1. The summed E-state index contributed by atoms with van der Waals surface area (Å²) in [7, 11) is 1.66. The van der Waals surface area contributed by atoms with E-state index in [4.69, 9.17) is 9.84 Å². The number of carboxylic acids is 1. The Morgan fingerprint density at radius 3 is 2.35 bits per heavy atom. The Morgan fingerprint density at radius 1 is 1.13 bits per heavy atom. The first-order chi connectivity index (χ1) is 10.9. The van der Waals surface area contributed by atoms with E-state index in [1.165, 1.54) is 24.0 Å². The van der Waals surface area contributed by atoms with Crippen molar-refractivity contribution in [3.63, 3.8) is 0 Å². The smallest absolute Gasteiger partial charge is 0.335 e. The monoisotopic (exact) mass is 313 g/mol. The van der Waals surface area contributed by atoms with Crippen LogP contribution in [-0.2, 0) is 11.3 Å². The van der Waals surface area contributed by atoms with E-state index in [2.05, 4.69) is 0 Å². The summed E-state index contributed by atoms with van der Waals surface area (Å²) in [6, 6.07) is 12.2. The number of carbonyl (C=O) groups excluding carboxylic acids is 1. The number of amides is 1. The number of carbonyl (C=O) groups is 2. The summed E-state index contributed by atoms with van der Waals surface area (Å²) in [4.78, 5) is 24.1. The van der Waals surface area contributed by atoms with Gasteiger partial charge in [0.25, 0.3) is 0 Å². The van der Waals surface area contributed by atoms with Gasteiger partial charge in [0.2, 0.25) is 5.91 Å². The first-order valence-electron chi connectivity index (χ1n) is 7.19. The molecule has 5 heteroatoms. The molecule has 1 N–H and O–H groups in total. The Balaban J connectivity index is 2.34. The first kappa shape index (κ1) is 16.5. The number of rotatable bonds is 5. The van der Waals surface area contributed by atoms with E-state index < -0.39 is 5.97 Å². The van der Waals surface area contributed by atoms with Crippen molar-refractivity contribution in [3.8, 4) is 11.5 Å². The predicted molar refractivity (Wildman–Crippen MR) is 86.8 cm³/mol. The van der Waals surface area contributed by atoms with Gasteiger partial charge in [0.15, 0.2) is 0 Å². The normalized spacial score (nSPS) is 10.2. The second-order valence-corrected chi connectivity index (χ2v) is 5.42. The van der Waals surface area contributed by atoms with Crippen LogP contribution in [0.25, 0.3) is 0 Å². The molecule has 0 unspecified atom stereocenters. The zero-order valence-corrected chi connectivity index (χ0v) is 13.4. The predicted octanol–water partition coefficient (Wildman–Crippen LogP) is 3.46. The third kappa shape index (κ3) is 4.32. The molecule has 2 rings (SSSR count). The van der Waals surface area contributed by atoms with Crippen molar-refractivity contribution in [2.75, 3.05) is 7.05 Å². The molecule has 0 bridgehead atoms. The Kier molecular flexibility index (Phi) is 5.01. The molecule has 0 fully saturated rings. The summed E-state index contributed by atoms with van der Waals surface area (Å²) in [5.41, 5.74) is 1.92. The van der Waals surface area contributed by atoms with Crippen LogP contribution in [0.5, 0.6) is 11.5 Å². The summed E-state index contributed by atoms with van der Waals surface area (Å²) >= 11 is 0. The van der Waals surface area contributed by atoms with Crippen molar-refractivity contribution in [1.29, 1.82) is 0 Å². The molecule has 2 aromatic carbocycles. The number of hydrogen-bond acceptors (Lipinski definition) is 3. The van der Waals surface area contributed by atoms with Crippen LogP contribution in [0.1, 0.15) is 28.4 Å². The van der Waals surface area contributed by atoms with Gasteiger partial charge >= 0.3 is 5.97 Å². The van der Waals surface area contributed by atoms with E-state index in [1.54, 1.807) is 13.1 Å². The van der Waals surface area contributed by atoms with Crippen molar-refractivity contribution in [2.24, 2.45) is 0 Å². The highest BCUT2D eigenvalue weighted by Gasteiger charge is 2.13. The van der Waals surface area contributed by atoms with Crippen LogP contribution in [0, 0.1) is 6.92 Å². The molecule has 0 atom stereocenters. The van der Waals surface area contributed by atoms with Gasteiger partial charge in [-0.3, -0.25) is 4.79 Å². The molecular formula is C18H19NO4. The minimum Gasteiger partial charge on any atom is -0.478 e. The average molecular weight is 313 g/mol. The van der Waals surface area contributed by atoms with Gasteiger partial charge in [-0.15, -0.1) is 0 Å². The van der Waals surface area contributed by atoms with Crippen LogP contribution in [0.2, 0.25) is 0 Å². The molecule has 1 amide bonds. The Morgan fingerprint density at radius 2 is 1.78 bits per heavy atom. The third-order valence-electron chi connectivity index (χ3n) is 3.50. The van der Waals surface area contributed by atoms with Gasteiger partial charge in [-0.2, -0.15) is 0 Å². The molecule has 2 aromatic rings. The fraction of sp³-hybridized carbons (Fsp3) is 0.222. The number of ether oxygens (including phenoxy) is 1. The van der Waals surface area contributed by atoms with E-state index in [1.807, 2.05) is 31.2 Å². The summed E-state index contributed by atoms with van der Waals surface area (Å²) in [5, 5.41) is 9.14. The number of benzene rings is 2. The Labute approximate surface area is 135 Å². The molecule has 0 spiro atoms. The number of aryl methyl sites for hydroxylation is 1. The number of hydrogen-bond donors (Lipinski definition) is 1. The SMILES string of the molecule is CC(=O)N(C)Cc1cc(C(=O)O)ccc1Oc1ccc(C)cc1. The van der Waals surface area contributed by atoms with Gasteiger partial charge in [-0.1, -0.05) is 17.7 Å². The van der Waals surface area contributed by atoms with Crippen LogP contribution < -0.4 is 4.74 Å². The highest BCUT2D eigenvalue weighted by Crippen LogP contribution is 2.27. The van der Waals surface area contributed by atoms with Gasteiger partial charge in [0.05, 0.1) is 5.56 Å². The molecule has 23 heavy (non-hydrogen) atoms. The minimum atomic E-state index is -1.02. The Hall–Kier alpha value is -2.82. The lowest BCUT2D eigenvalue weighted by molar-refractivity contribution is -0.128. The lowest BCUT2D eigenvalue weighted by Crippen LogP contribution is -2.23. The molecule has 0 saturated heterocycles. The topological polar surface area (TPSA) is 66.8 Å². The van der Waals surface area contributed by atoms with Crippen LogP contribution in [-0.4, -0.2) is 28.9 Å². The lowest BCUT2D eigenvalue weighted by Gasteiger charge is -2.18. The van der Waals surface area contributed by atoms with Gasteiger partial charge < -0.3 is 14.7 Å². The minimum absolute atomic E-state index is 0.105. The standard InChI is InChI=1S/C18H19NO4/c1-12-4-7-16(8-5-12)23-17-9-6-14(18(21)22)10-15(17)11-19(3)13(2)20/h4-10H,11H2,1-3H3,(H,21,22). The van der Waals surface area contributed by atoms with Crippen LogP contribution in [0.4, 0.5) is 0 Å². The van der Waals surface area contributed by atoms with Crippen molar-refractivity contribution in [3.05, 3.63) is 59.2 Å². The highest BCUT2D eigenvalue weighted by atomic mass is 16.5. The van der Waals surface area contributed by atoms with E-state index in [0.29, 0.717) is 17.1 Å². The molecule has 0 heterocycles. The maximum Gasteiger partial charge on any atom is 0.335 e. The molecular weight excluding hydrogens is 294 g/mol. The van der Waals surface area contributed by atoms with Gasteiger partial charge in [0.1, 0.15) is 11.5 Å². The van der Waals surface area contributed by atoms with Gasteiger partial charge in [-0.25, -0.2) is 4.79 Å². The third-order valence-corrected chi connectivity index (χ3v) is 3.50. The first-order valence-corrected chi connectivity index (χ1v) is 7.19. The fourth-order valence-electron chi connectivity index (χ4n) is 2.04. The second kappa shape index (κ2) is 6.96. The van der Waals surface area contributed by atoms with E-state index in [-0.39, 0.29) is 18.0 Å².